The SMILES string of the molecule is Cc1nc(C)c(C(=O)NC2(C(N)=NO)CCCC2)o1. The lowest BCUT2D eigenvalue weighted by Crippen LogP contribution is -2.55. The average Bonchev–Trinajstić information content (AvgIpc) is 2.96. The molecule has 1 saturated carbocycles. The quantitative estimate of drug-likeness (QED) is 0.328. The highest BCUT2D eigenvalue weighted by atomic mass is 16.4. The second-order valence-electron chi connectivity index (χ2n) is 4.88. The van der Waals surface area contributed by atoms with Crippen LogP contribution in [-0.2, 0) is 0 Å². The summed E-state index contributed by atoms with van der Waals surface area (Å²) in [5.41, 5.74) is 5.47. The molecule has 19 heavy (non-hydrogen) atoms. The zero-order chi connectivity index (χ0) is 14.0. The molecule has 1 aliphatic carbocycles. The lowest BCUT2D eigenvalue weighted by atomic mass is 9.96. The average molecular weight is 266 g/mol. The van der Waals surface area contributed by atoms with E-state index in [4.69, 9.17) is 15.4 Å². The van der Waals surface area contributed by atoms with Crippen molar-refractivity contribution >= 4 is 11.7 Å². The summed E-state index contributed by atoms with van der Waals surface area (Å²) in [7, 11) is 0. The Balaban J connectivity index is 2.23. The third-order valence-electron chi connectivity index (χ3n) is 3.52. The summed E-state index contributed by atoms with van der Waals surface area (Å²) in [6, 6.07) is 0. The Labute approximate surface area is 110 Å². The molecule has 0 spiro atoms. The molecule has 0 bridgehead atoms. The molecule has 2 rings (SSSR count). The van der Waals surface area contributed by atoms with Gasteiger partial charge in [-0.2, -0.15) is 0 Å². The molecule has 7 heteroatoms. The highest BCUT2D eigenvalue weighted by Gasteiger charge is 2.40. The molecule has 104 valence electrons. The van der Waals surface area contributed by atoms with E-state index in [1.807, 2.05) is 0 Å². The molecule has 0 atom stereocenters. The number of nitrogens with one attached hydrogen (secondary N) is 1. The molecule has 0 saturated heterocycles. The van der Waals surface area contributed by atoms with Crippen molar-refractivity contribution in [2.45, 2.75) is 45.1 Å². The third-order valence-corrected chi connectivity index (χ3v) is 3.52. The number of hydrogen-bond donors (Lipinski definition) is 3. The fraction of sp³-hybridized carbons (Fsp3) is 0.583. The van der Waals surface area contributed by atoms with Crippen molar-refractivity contribution in [1.82, 2.24) is 10.3 Å². The summed E-state index contributed by atoms with van der Waals surface area (Å²) in [6.45, 7) is 3.38. The van der Waals surface area contributed by atoms with Gasteiger partial charge in [-0.3, -0.25) is 4.79 Å². The third kappa shape index (κ3) is 2.40. The molecule has 0 aromatic carbocycles. The van der Waals surface area contributed by atoms with Crippen LogP contribution in [0, 0.1) is 13.8 Å². The smallest absolute Gasteiger partial charge is 0.289 e. The summed E-state index contributed by atoms with van der Waals surface area (Å²) in [5, 5.41) is 14.8. The van der Waals surface area contributed by atoms with E-state index >= 15 is 0 Å². The molecule has 1 aromatic heterocycles. The molecule has 0 aliphatic heterocycles. The van der Waals surface area contributed by atoms with E-state index in [-0.39, 0.29) is 17.5 Å². The highest BCUT2D eigenvalue weighted by Crippen LogP contribution is 2.30. The van der Waals surface area contributed by atoms with E-state index in [1.54, 1.807) is 13.8 Å². The minimum absolute atomic E-state index is 0.0345. The molecular weight excluding hydrogens is 248 g/mol. The molecule has 7 nitrogen and oxygen atoms in total. The van der Waals surface area contributed by atoms with E-state index in [0.29, 0.717) is 24.4 Å². The van der Waals surface area contributed by atoms with Crippen LogP contribution in [0.3, 0.4) is 0 Å². The van der Waals surface area contributed by atoms with Crippen LogP contribution >= 0.6 is 0 Å². The van der Waals surface area contributed by atoms with E-state index < -0.39 is 5.54 Å². The number of nitrogens with zero attached hydrogens (tertiary/aromatic N) is 2. The Hall–Kier alpha value is -2.05. The number of carbonyl (C=O) groups is 1. The van der Waals surface area contributed by atoms with Gasteiger partial charge in [0.2, 0.25) is 5.76 Å². The lowest BCUT2D eigenvalue weighted by Gasteiger charge is -2.28. The van der Waals surface area contributed by atoms with E-state index in [1.165, 1.54) is 0 Å². The maximum atomic E-state index is 12.2. The number of oxazole rings is 1. The minimum Gasteiger partial charge on any atom is -0.436 e. The summed E-state index contributed by atoms with van der Waals surface area (Å²) < 4.78 is 5.28. The van der Waals surface area contributed by atoms with Gasteiger partial charge in [0, 0.05) is 6.92 Å². The Morgan fingerprint density at radius 3 is 2.58 bits per heavy atom. The van der Waals surface area contributed by atoms with Crippen LogP contribution in [0.5, 0.6) is 0 Å². The van der Waals surface area contributed by atoms with Crippen molar-refractivity contribution in [2.75, 3.05) is 0 Å². The number of rotatable bonds is 3. The van der Waals surface area contributed by atoms with Crippen molar-refractivity contribution in [1.29, 1.82) is 0 Å². The van der Waals surface area contributed by atoms with Crippen molar-refractivity contribution in [3.8, 4) is 0 Å². The number of oxime groups is 1. The topological polar surface area (TPSA) is 114 Å². The number of amides is 1. The van der Waals surface area contributed by atoms with Crippen LogP contribution in [0.15, 0.2) is 9.57 Å². The molecular formula is C12H18N4O3. The molecule has 1 fully saturated rings. The van der Waals surface area contributed by atoms with Gasteiger partial charge in [-0.25, -0.2) is 4.98 Å². The largest absolute Gasteiger partial charge is 0.436 e. The Kier molecular flexibility index (Phi) is 3.46. The van der Waals surface area contributed by atoms with Gasteiger partial charge in [0.15, 0.2) is 11.7 Å². The Morgan fingerprint density at radius 2 is 2.11 bits per heavy atom. The predicted octanol–water partition coefficient (Wildman–Crippen LogP) is 1.08. The van der Waals surface area contributed by atoms with Crippen LogP contribution < -0.4 is 11.1 Å². The fourth-order valence-electron chi connectivity index (χ4n) is 2.54. The fourth-order valence-corrected chi connectivity index (χ4v) is 2.54. The van der Waals surface area contributed by atoms with Crippen molar-refractivity contribution in [2.24, 2.45) is 10.9 Å². The molecule has 4 N–H and O–H groups in total. The zero-order valence-electron chi connectivity index (χ0n) is 11.1. The van der Waals surface area contributed by atoms with Crippen molar-refractivity contribution < 1.29 is 14.4 Å². The van der Waals surface area contributed by atoms with Gasteiger partial charge in [-0.15, -0.1) is 0 Å². The standard InChI is InChI=1S/C12H18N4O3/c1-7-9(19-8(2)14-7)10(17)15-12(11(13)16-18)5-3-4-6-12/h18H,3-6H2,1-2H3,(H2,13,16)(H,15,17). The van der Waals surface area contributed by atoms with Crippen molar-refractivity contribution in [3.63, 3.8) is 0 Å². The summed E-state index contributed by atoms with van der Waals surface area (Å²) in [5.74, 6) is 0.264. The Morgan fingerprint density at radius 1 is 1.47 bits per heavy atom. The summed E-state index contributed by atoms with van der Waals surface area (Å²) in [4.78, 5) is 16.3. The predicted molar refractivity (Wildman–Crippen MR) is 68.1 cm³/mol. The Bertz CT molecular complexity index is 515. The first-order valence-electron chi connectivity index (χ1n) is 6.23. The maximum absolute atomic E-state index is 12.2. The summed E-state index contributed by atoms with van der Waals surface area (Å²) >= 11 is 0. The molecule has 0 unspecified atom stereocenters. The molecule has 1 aromatic rings. The second-order valence-corrected chi connectivity index (χ2v) is 4.88. The van der Waals surface area contributed by atoms with E-state index in [9.17, 15) is 4.79 Å². The lowest BCUT2D eigenvalue weighted by molar-refractivity contribution is 0.0892. The first-order valence-corrected chi connectivity index (χ1v) is 6.23. The number of aryl methyl sites for hydroxylation is 2. The minimum atomic E-state index is -0.779. The van der Waals surface area contributed by atoms with E-state index in [0.717, 1.165) is 12.8 Å². The number of aromatic nitrogens is 1. The van der Waals surface area contributed by atoms with Crippen LogP contribution in [0.1, 0.15) is 47.8 Å². The first kappa shape index (κ1) is 13.4. The van der Waals surface area contributed by atoms with Gasteiger partial charge in [-0.1, -0.05) is 18.0 Å². The molecule has 1 heterocycles. The number of nitrogens with two attached hydrogens (primary N) is 1. The molecule has 1 amide bonds. The monoisotopic (exact) mass is 266 g/mol. The van der Waals surface area contributed by atoms with Gasteiger partial charge in [-0.05, 0) is 19.8 Å². The van der Waals surface area contributed by atoms with E-state index in [2.05, 4.69) is 15.5 Å². The van der Waals surface area contributed by atoms with Gasteiger partial charge >= 0.3 is 0 Å². The maximum Gasteiger partial charge on any atom is 0.289 e. The second kappa shape index (κ2) is 4.91. The normalized spacial score (nSPS) is 18.5. The molecule has 0 radical (unpaired) electrons. The van der Waals surface area contributed by atoms with Gasteiger partial charge < -0.3 is 20.7 Å². The van der Waals surface area contributed by atoms with Crippen LogP contribution in [0.25, 0.3) is 0 Å². The number of amidine groups is 1. The zero-order valence-corrected chi connectivity index (χ0v) is 11.1. The highest BCUT2D eigenvalue weighted by molar-refractivity contribution is 5.99. The van der Waals surface area contributed by atoms with Gasteiger partial charge in [0.1, 0.15) is 5.54 Å². The number of carbonyl (C=O) groups excluding carboxylic acids is 1. The summed E-state index contributed by atoms with van der Waals surface area (Å²) in [6.07, 6.45) is 3.15. The van der Waals surface area contributed by atoms with Crippen LogP contribution in [0.4, 0.5) is 0 Å². The molecule has 1 aliphatic rings. The van der Waals surface area contributed by atoms with Crippen molar-refractivity contribution in [3.05, 3.63) is 17.3 Å². The van der Waals surface area contributed by atoms with Gasteiger partial charge in [0.05, 0.1) is 5.69 Å². The number of hydrogen-bond acceptors (Lipinski definition) is 5. The van der Waals surface area contributed by atoms with Crippen LogP contribution in [0.2, 0.25) is 0 Å². The first-order chi connectivity index (χ1) is 8.98. The van der Waals surface area contributed by atoms with Crippen LogP contribution in [-0.4, -0.2) is 27.5 Å². The van der Waals surface area contributed by atoms with Gasteiger partial charge in [0.25, 0.3) is 5.91 Å².